The van der Waals surface area contributed by atoms with Crippen LogP contribution >= 0.6 is 35.3 Å². The number of hydrogen-bond donors (Lipinski definition) is 2. The van der Waals surface area contributed by atoms with E-state index >= 15 is 0 Å². The number of aryl methyl sites for hydroxylation is 1. The van der Waals surface area contributed by atoms with E-state index in [4.69, 9.17) is 4.74 Å². The first kappa shape index (κ1) is 23.9. The molecule has 1 aliphatic heterocycles. The Morgan fingerprint density at radius 1 is 1.34 bits per heavy atom. The van der Waals surface area contributed by atoms with Gasteiger partial charge in [0.25, 0.3) is 0 Å². The Kier molecular flexibility index (Phi) is 9.70. The molecule has 0 amide bonds. The van der Waals surface area contributed by atoms with Gasteiger partial charge in [-0.2, -0.15) is 5.10 Å². The molecule has 0 aliphatic carbocycles. The summed E-state index contributed by atoms with van der Waals surface area (Å²) in [5.74, 6) is 0.859. The second kappa shape index (κ2) is 11.8. The number of piperidine rings is 1. The summed E-state index contributed by atoms with van der Waals surface area (Å²) in [6, 6.07) is 4.78. The molecule has 0 aromatic carbocycles. The van der Waals surface area contributed by atoms with Crippen LogP contribution in [0.25, 0.3) is 0 Å². The lowest BCUT2D eigenvalue weighted by atomic mass is 10.1. The number of halogens is 1. The minimum absolute atomic E-state index is 0. The van der Waals surface area contributed by atoms with E-state index in [1.807, 2.05) is 23.1 Å². The van der Waals surface area contributed by atoms with Crippen molar-refractivity contribution >= 4 is 46.3 Å². The fraction of sp³-hybridized carbons (Fsp3) is 0.600. The molecule has 7 nitrogen and oxygen atoms in total. The number of rotatable bonds is 7. The van der Waals surface area contributed by atoms with E-state index in [1.165, 1.54) is 16.3 Å². The molecule has 3 heterocycles. The summed E-state index contributed by atoms with van der Waals surface area (Å²) in [5.41, 5.74) is 3.47. The number of aromatic nitrogens is 2. The molecular formula is C20H33IN6OS. The van der Waals surface area contributed by atoms with Crippen LogP contribution in [0.2, 0.25) is 0 Å². The minimum Gasteiger partial charge on any atom is -0.383 e. The van der Waals surface area contributed by atoms with Crippen molar-refractivity contribution in [3.63, 3.8) is 0 Å². The summed E-state index contributed by atoms with van der Waals surface area (Å²) in [4.78, 5) is 6.89. The molecule has 0 unspecified atom stereocenters. The third kappa shape index (κ3) is 6.32. The summed E-state index contributed by atoms with van der Waals surface area (Å²) >= 11 is 1.82. The highest BCUT2D eigenvalue weighted by Crippen LogP contribution is 2.24. The van der Waals surface area contributed by atoms with Crippen molar-refractivity contribution in [3.05, 3.63) is 34.5 Å². The summed E-state index contributed by atoms with van der Waals surface area (Å²) < 4.78 is 7.19. The fourth-order valence-corrected chi connectivity index (χ4v) is 4.42. The van der Waals surface area contributed by atoms with Crippen molar-refractivity contribution in [1.29, 1.82) is 0 Å². The van der Waals surface area contributed by atoms with Gasteiger partial charge in [-0.25, -0.2) is 0 Å². The average Bonchev–Trinajstić information content (AvgIpc) is 3.33. The van der Waals surface area contributed by atoms with Crippen LogP contribution in [0.4, 0.5) is 5.00 Å². The Morgan fingerprint density at radius 3 is 2.72 bits per heavy atom. The lowest BCUT2D eigenvalue weighted by molar-refractivity contribution is 0.182. The quantitative estimate of drug-likeness (QED) is 0.326. The predicted octanol–water partition coefficient (Wildman–Crippen LogP) is 3.16. The lowest BCUT2D eigenvalue weighted by Crippen LogP contribution is -2.48. The summed E-state index contributed by atoms with van der Waals surface area (Å²) in [7, 11) is 3.55. The van der Waals surface area contributed by atoms with Gasteiger partial charge in [-0.15, -0.1) is 35.3 Å². The molecule has 1 fully saturated rings. The Labute approximate surface area is 194 Å². The van der Waals surface area contributed by atoms with E-state index in [1.54, 1.807) is 7.11 Å². The van der Waals surface area contributed by atoms with Crippen molar-refractivity contribution < 1.29 is 4.74 Å². The molecule has 29 heavy (non-hydrogen) atoms. The number of aliphatic imine (C=N–C) groups is 1. The van der Waals surface area contributed by atoms with E-state index in [0.717, 1.165) is 50.7 Å². The second-order valence-corrected chi connectivity index (χ2v) is 8.07. The zero-order valence-electron chi connectivity index (χ0n) is 17.8. The summed E-state index contributed by atoms with van der Waals surface area (Å²) in [5, 5.41) is 15.2. The van der Waals surface area contributed by atoms with Crippen LogP contribution in [0.3, 0.4) is 0 Å². The number of methoxy groups -OCH3 is 1. The van der Waals surface area contributed by atoms with Gasteiger partial charge < -0.3 is 20.3 Å². The molecule has 0 radical (unpaired) electrons. The monoisotopic (exact) mass is 532 g/mol. The number of anilines is 1. The molecule has 162 valence electrons. The fourth-order valence-electron chi connectivity index (χ4n) is 3.64. The molecule has 0 spiro atoms. The molecule has 0 atom stereocenters. The third-order valence-electron chi connectivity index (χ3n) is 5.35. The van der Waals surface area contributed by atoms with Crippen LogP contribution < -0.4 is 15.5 Å². The molecule has 0 saturated carbocycles. The van der Waals surface area contributed by atoms with Crippen LogP contribution in [0.15, 0.2) is 22.5 Å². The number of thiophene rings is 1. The largest absolute Gasteiger partial charge is 0.383 e. The van der Waals surface area contributed by atoms with Gasteiger partial charge in [-0.3, -0.25) is 9.67 Å². The van der Waals surface area contributed by atoms with Crippen LogP contribution in [-0.4, -0.2) is 55.6 Å². The molecule has 1 saturated heterocycles. The van der Waals surface area contributed by atoms with Gasteiger partial charge in [0, 0.05) is 51.1 Å². The first-order valence-electron chi connectivity index (χ1n) is 9.89. The molecule has 0 bridgehead atoms. The van der Waals surface area contributed by atoms with E-state index in [9.17, 15) is 0 Å². The van der Waals surface area contributed by atoms with Gasteiger partial charge in [0.05, 0.1) is 23.8 Å². The van der Waals surface area contributed by atoms with Gasteiger partial charge in [-0.1, -0.05) is 0 Å². The zero-order valence-corrected chi connectivity index (χ0v) is 20.9. The topological polar surface area (TPSA) is 66.7 Å². The van der Waals surface area contributed by atoms with Crippen LogP contribution in [0, 0.1) is 13.8 Å². The molecule has 2 N–H and O–H groups in total. The standard InChI is InChI=1S/C20H32N6OS.HI/c1-15-18(16(2)26(24-15)11-12-27-4)14-22-20(21-3)23-17-7-9-25(10-8-17)19-6-5-13-28-19;/h5-6,13,17H,7-12,14H2,1-4H3,(H2,21,22,23);1H. The lowest BCUT2D eigenvalue weighted by Gasteiger charge is -2.33. The first-order chi connectivity index (χ1) is 13.6. The highest BCUT2D eigenvalue weighted by Gasteiger charge is 2.21. The van der Waals surface area contributed by atoms with Gasteiger partial charge in [0.15, 0.2) is 5.96 Å². The van der Waals surface area contributed by atoms with Gasteiger partial charge in [0.2, 0.25) is 0 Å². The number of nitrogens with one attached hydrogen (secondary N) is 2. The van der Waals surface area contributed by atoms with Crippen molar-refractivity contribution in [1.82, 2.24) is 20.4 Å². The minimum atomic E-state index is 0. The molecule has 2 aromatic heterocycles. The Balaban J connectivity index is 0.00000300. The number of guanidine groups is 1. The molecule has 2 aromatic rings. The predicted molar refractivity (Wildman–Crippen MR) is 132 cm³/mol. The highest BCUT2D eigenvalue weighted by molar-refractivity contribution is 14.0. The van der Waals surface area contributed by atoms with E-state index in [0.29, 0.717) is 12.6 Å². The molecule has 9 heteroatoms. The van der Waals surface area contributed by atoms with Crippen molar-refractivity contribution in [2.75, 3.05) is 38.8 Å². The maximum absolute atomic E-state index is 5.17. The van der Waals surface area contributed by atoms with Crippen LogP contribution in [-0.2, 0) is 17.8 Å². The molecular weight excluding hydrogens is 499 g/mol. The van der Waals surface area contributed by atoms with Crippen LogP contribution in [0.1, 0.15) is 29.8 Å². The zero-order chi connectivity index (χ0) is 19.9. The van der Waals surface area contributed by atoms with Gasteiger partial charge in [0.1, 0.15) is 0 Å². The summed E-state index contributed by atoms with van der Waals surface area (Å²) in [6.45, 7) is 8.51. The Bertz CT molecular complexity index is 768. The maximum atomic E-state index is 5.17. The Morgan fingerprint density at radius 2 is 2.10 bits per heavy atom. The smallest absolute Gasteiger partial charge is 0.191 e. The van der Waals surface area contributed by atoms with E-state index in [-0.39, 0.29) is 24.0 Å². The number of ether oxygens (including phenoxy) is 1. The van der Waals surface area contributed by atoms with E-state index in [2.05, 4.69) is 57.0 Å². The first-order valence-corrected chi connectivity index (χ1v) is 10.8. The Hall–Kier alpha value is -1.33. The molecule has 3 rings (SSSR count). The van der Waals surface area contributed by atoms with Crippen LogP contribution in [0.5, 0.6) is 0 Å². The highest BCUT2D eigenvalue weighted by atomic mass is 127. The van der Waals surface area contributed by atoms with Crippen molar-refractivity contribution in [2.24, 2.45) is 4.99 Å². The number of nitrogens with zero attached hydrogens (tertiary/aromatic N) is 4. The van der Waals surface area contributed by atoms with E-state index < -0.39 is 0 Å². The van der Waals surface area contributed by atoms with Crippen molar-refractivity contribution in [3.8, 4) is 0 Å². The maximum Gasteiger partial charge on any atom is 0.191 e. The normalized spacial score (nSPS) is 15.3. The average molecular weight is 532 g/mol. The van der Waals surface area contributed by atoms with Gasteiger partial charge in [-0.05, 0) is 44.2 Å². The SMILES string of the molecule is CN=C(NCc1c(C)nn(CCOC)c1C)NC1CCN(c2cccs2)CC1.I. The van der Waals surface area contributed by atoms with Crippen molar-refractivity contribution in [2.45, 2.75) is 45.8 Å². The second-order valence-electron chi connectivity index (χ2n) is 7.15. The molecule has 1 aliphatic rings. The number of hydrogen-bond acceptors (Lipinski definition) is 5. The van der Waals surface area contributed by atoms with Gasteiger partial charge >= 0.3 is 0 Å². The summed E-state index contributed by atoms with van der Waals surface area (Å²) in [6.07, 6.45) is 2.23. The third-order valence-corrected chi connectivity index (χ3v) is 6.28.